The second kappa shape index (κ2) is 6.51. The van der Waals surface area contributed by atoms with Crippen molar-refractivity contribution in [1.29, 1.82) is 0 Å². The molecule has 0 aromatic rings. The summed E-state index contributed by atoms with van der Waals surface area (Å²) in [4.78, 5) is 11.9. The van der Waals surface area contributed by atoms with Crippen LogP contribution in [0.1, 0.15) is 51.9 Å². The second-order valence-electron chi connectivity index (χ2n) is 4.77. The van der Waals surface area contributed by atoms with Gasteiger partial charge in [-0.25, -0.2) is 0 Å². The lowest BCUT2D eigenvalue weighted by atomic mass is 9.88. The molecule has 88 valence electrons. The minimum atomic E-state index is -0.0601. The van der Waals surface area contributed by atoms with Gasteiger partial charge in [-0.05, 0) is 25.7 Å². The van der Waals surface area contributed by atoms with E-state index in [1.807, 2.05) is 0 Å². The molecule has 0 unspecified atom stereocenters. The van der Waals surface area contributed by atoms with Gasteiger partial charge in [0.2, 0.25) is 5.91 Å². The van der Waals surface area contributed by atoms with Crippen LogP contribution in [0.25, 0.3) is 0 Å². The van der Waals surface area contributed by atoms with Gasteiger partial charge in [0.15, 0.2) is 0 Å². The number of nitrogens with one attached hydrogen (secondary N) is 1. The van der Waals surface area contributed by atoms with Crippen LogP contribution >= 0.6 is 15.9 Å². The smallest absolute Gasteiger partial charge is 0.225 e. The molecule has 1 saturated carbocycles. The minimum absolute atomic E-state index is 0.0601. The van der Waals surface area contributed by atoms with Crippen molar-refractivity contribution < 1.29 is 4.79 Å². The lowest BCUT2D eigenvalue weighted by Gasteiger charge is -2.22. The second-order valence-corrected chi connectivity index (χ2v) is 5.57. The molecular formula is C12H22BrNO. The number of carbonyl (C=O) groups is 1. The minimum Gasteiger partial charge on any atom is -0.356 e. The molecule has 0 atom stereocenters. The van der Waals surface area contributed by atoms with Gasteiger partial charge in [0.1, 0.15) is 0 Å². The van der Waals surface area contributed by atoms with Crippen molar-refractivity contribution in [3.63, 3.8) is 0 Å². The number of alkyl halides is 1. The summed E-state index contributed by atoms with van der Waals surface area (Å²) in [6.07, 6.45) is 8.07. The van der Waals surface area contributed by atoms with E-state index >= 15 is 0 Å². The molecule has 0 bridgehead atoms. The molecule has 1 amide bonds. The maximum atomic E-state index is 11.9. The largest absolute Gasteiger partial charge is 0.356 e. The normalized spacial score (nSPS) is 19.1. The monoisotopic (exact) mass is 275 g/mol. The molecule has 1 rings (SSSR count). The molecule has 0 heterocycles. The first-order valence-electron chi connectivity index (χ1n) is 6.03. The zero-order valence-electron chi connectivity index (χ0n) is 9.65. The first kappa shape index (κ1) is 13.0. The Hall–Kier alpha value is -0.0500. The van der Waals surface area contributed by atoms with Gasteiger partial charge in [0, 0.05) is 17.3 Å². The van der Waals surface area contributed by atoms with Crippen molar-refractivity contribution in [2.24, 2.45) is 5.41 Å². The molecule has 1 aliphatic rings. The van der Waals surface area contributed by atoms with E-state index < -0.39 is 0 Å². The van der Waals surface area contributed by atoms with Gasteiger partial charge in [0.25, 0.3) is 0 Å². The van der Waals surface area contributed by atoms with Crippen molar-refractivity contribution in [3.8, 4) is 0 Å². The molecule has 0 radical (unpaired) electrons. The standard InChI is InChI=1S/C12H22BrNO/c1-12(7-3-4-8-12)11(15)14-10-6-2-5-9-13/h2-10H2,1H3,(H,14,15). The number of unbranched alkanes of at least 4 members (excludes halogenated alkanes) is 2. The van der Waals surface area contributed by atoms with E-state index in [1.54, 1.807) is 0 Å². The molecule has 3 heteroatoms. The van der Waals surface area contributed by atoms with Gasteiger partial charge in [-0.15, -0.1) is 0 Å². The van der Waals surface area contributed by atoms with Crippen LogP contribution in [0.15, 0.2) is 0 Å². The maximum absolute atomic E-state index is 11.9. The Morgan fingerprint density at radius 1 is 1.27 bits per heavy atom. The molecule has 15 heavy (non-hydrogen) atoms. The topological polar surface area (TPSA) is 29.1 Å². The number of rotatable bonds is 6. The zero-order chi connectivity index (χ0) is 11.1. The number of carbonyl (C=O) groups excluding carboxylic acids is 1. The van der Waals surface area contributed by atoms with Crippen molar-refractivity contribution in [1.82, 2.24) is 5.32 Å². The summed E-state index contributed by atoms with van der Waals surface area (Å²) in [6.45, 7) is 2.95. The molecule has 2 nitrogen and oxygen atoms in total. The summed E-state index contributed by atoms with van der Waals surface area (Å²) < 4.78 is 0. The third kappa shape index (κ3) is 4.13. The molecule has 0 aliphatic heterocycles. The highest BCUT2D eigenvalue weighted by molar-refractivity contribution is 9.09. The van der Waals surface area contributed by atoms with Crippen LogP contribution in [-0.4, -0.2) is 17.8 Å². The van der Waals surface area contributed by atoms with E-state index in [9.17, 15) is 4.79 Å². The van der Waals surface area contributed by atoms with E-state index in [4.69, 9.17) is 0 Å². The third-order valence-corrected chi connectivity index (χ3v) is 3.91. The van der Waals surface area contributed by atoms with Crippen LogP contribution in [0, 0.1) is 5.41 Å². The molecular weight excluding hydrogens is 254 g/mol. The Kier molecular flexibility index (Phi) is 5.65. The van der Waals surface area contributed by atoms with Crippen molar-refractivity contribution in [2.45, 2.75) is 51.9 Å². The zero-order valence-corrected chi connectivity index (χ0v) is 11.2. The summed E-state index contributed by atoms with van der Waals surface area (Å²) >= 11 is 3.41. The Morgan fingerprint density at radius 2 is 1.93 bits per heavy atom. The quantitative estimate of drug-likeness (QED) is 0.585. The molecule has 1 N–H and O–H groups in total. The van der Waals surface area contributed by atoms with Crippen molar-refractivity contribution in [3.05, 3.63) is 0 Å². The van der Waals surface area contributed by atoms with Gasteiger partial charge in [0.05, 0.1) is 0 Å². The van der Waals surface area contributed by atoms with Gasteiger partial charge in [-0.3, -0.25) is 4.79 Å². The van der Waals surface area contributed by atoms with Crippen LogP contribution in [0.2, 0.25) is 0 Å². The van der Waals surface area contributed by atoms with Crippen molar-refractivity contribution >= 4 is 21.8 Å². The number of hydrogen-bond acceptors (Lipinski definition) is 1. The molecule has 0 aromatic heterocycles. The first-order chi connectivity index (χ1) is 7.19. The first-order valence-corrected chi connectivity index (χ1v) is 7.15. The van der Waals surface area contributed by atoms with Crippen LogP contribution in [-0.2, 0) is 4.79 Å². The van der Waals surface area contributed by atoms with E-state index in [-0.39, 0.29) is 11.3 Å². The summed E-state index contributed by atoms with van der Waals surface area (Å²) in [5.74, 6) is 0.277. The average Bonchev–Trinajstić information content (AvgIpc) is 2.66. The van der Waals surface area contributed by atoms with E-state index in [0.717, 1.165) is 31.1 Å². The Balaban J connectivity index is 2.12. The lowest BCUT2D eigenvalue weighted by molar-refractivity contribution is -0.129. The van der Waals surface area contributed by atoms with E-state index in [1.165, 1.54) is 25.7 Å². The number of halogens is 1. The third-order valence-electron chi connectivity index (χ3n) is 3.35. The van der Waals surface area contributed by atoms with Crippen LogP contribution in [0.3, 0.4) is 0 Å². The highest BCUT2D eigenvalue weighted by Gasteiger charge is 2.35. The van der Waals surface area contributed by atoms with Crippen molar-refractivity contribution in [2.75, 3.05) is 11.9 Å². The fraction of sp³-hybridized carbons (Fsp3) is 0.917. The predicted molar refractivity (Wildman–Crippen MR) is 67.2 cm³/mol. The number of amides is 1. The van der Waals surface area contributed by atoms with Crippen LogP contribution in [0.5, 0.6) is 0 Å². The van der Waals surface area contributed by atoms with Crippen LogP contribution < -0.4 is 5.32 Å². The van der Waals surface area contributed by atoms with Crippen LogP contribution in [0.4, 0.5) is 0 Å². The molecule has 1 aliphatic carbocycles. The van der Waals surface area contributed by atoms with Gasteiger partial charge < -0.3 is 5.32 Å². The lowest BCUT2D eigenvalue weighted by Crippen LogP contribution is -2.37. The molecule has 0 spiro atoms. The Bertz CT molecular complexity index is 200. The maximum Gasteiger partial charge on any atom is 0.225 e. The Morgan fingerprint density at radius 3 is 2.53 bits per heavy atom. The SMILES string of the molecule is CC1(C(=O)NCCCCCBr)CCCC1. The van der Waals surface area contributed by atoms with Gasteiger partial charge in [-0.2, -0.15) is 0 Å². The predicted octanol–water partition coefficient (Wildman–Crippen LogP) is 3.25. The summed E-state index contributed by atoms with van der Waals surface area (Å²) in [6, 6.07) is 0. The molecule has 0 aromatic carbocycles. The highest BCUT2D eigenvalue weighted by atomic mass is 79.9. The summed E-state index contributed by atoms with van der Waals surface area (Å²) in [7, 11) is 0. The summed E-state index contributed by atoms with van der Waals surface area (Å²) in [5.41, 5.74) is -0.0601. The average molecular weight is 276 g/mol. The van der Waals surface area contributed by atoms with E-state index in [2.05, 4.69) is 28.2 Å². The Labute approximate surface area is 101 Å². The summed E-state index contributed by atoms with van der Waals surface area (Å²) in [5, 5.41) is 4.14. The van der Waals surface area contributed by atoms with Gasteiger partial charge >= 0.3 is 0 Å². The fourth-order valence-corrected chi connectivity index (χ4v) is 2.59. The molecule has 1 fully saturated rings. The van der Waals surface area contributed by atoms with Gasteiger partial charge in [-0.1, -0.05) is 42.1 Å². The van der Waals surface area contributed by atoms with E-state index in [0.29, 0.717) is 0 Å². The fourth-order valence-electron chi connectivity index (χ4n) is 2.19. The number of hydrogen-bond donors (Lipinski definition) is 1. The molecule has 0 saturated heterocycles. The highest BCUT2D eigenvalue weighted by Crippen LogP contribution is 2.37.